The number of methoxy groups -OCH3 is 1. The predicted octanol–water partition coefficient (Wildman–Crippen LogP) is 2.96. The Labute approximate surface area is 156 Å². The first kappa shape index (κ1) is 18.2. The lowest BCUT2D eigenvalue weighted by molar-refractivity contribution is -0.139. The van der Waals surface area contributed by atoms with Gasteiger partial charge in [-0.1, -0.05) is 30.3 Å². The van der Waals surface area contributed by atoms with Crippen LogP contribution in [0.2, 0.25) is 0 Å². The van der Waals surface area contributed by atoms with Gasteiger partial charge in [-0.05, 0) is 31.2 Å². The number of carbonyl (C=O) groups excluding carboxylic acids is 1. The van der Waals surface area contributed by atoms with Crippen LogP contribution in [0.5, 0.6) is 11.5 Å². The molecule has 0 spiro atoms. The van der Waals surface area contributed by atoms with Crippen molar-refractivity contribution in [2.75, 3.05) is 18.7 Å². The van der Waals surface area contributed by atoms with Gasteiger partial charge in [-0.2, -0.15) is 10.1 Å². The minimum absolute atomic E-state index is 0.258. The lowest BCUT2D eigenvalue weighted by Gasteiger charge is -2.13. The monoisotopic (exact) mass is 366 g/mol. The highest BCUT2D eigenvalue weighted by molar-refractivity contribution is 6.32. The number of ether oxygens (including phenoxy) is 2. The molecule has 1 heterocycles. The molecule has 1 aliphatic heterocycles. The molecule has 2 aromatic carbocycles. The van der Waals surface area contributed by atoms with E-state index >= 15 is 0 Å². The van der Waals surface area contributed by atoms with E-state index in [1.54, 1.807) is 43.3 Å². The van der Waals surface area contributed by atoms with Crippen LogP contribution >= 0.6 is 0 Å². The summed E-state index contributed by atoms with van der Waals surface area (Å²) in [6.07, 6.45) is 1.63. The number of aliphatic carboxylic acids is 1. The summed E-state index contributed by atoms with van der Waals surface area (Å²) < 4.78 is 10.6. The van der Waals surface area contributed by atoms with Crippen molar-refractivity contribution < 1.29 is 24.2 Å². The zero-order valence-electron chi connectivity index (χ0n) is 14.9. The SMILES string of the molecule is COc1cccc(C=C2C(=O)N(c3ccccc3)N=C2C)c1OCC(=O)O. The fraction of sp³-hybridized carbons (Fsp3) is 0.150. The van der Waals surface area contributed by atoms with Gasteiger partial charge in [0.05, 0.1) is 24.1 Å². The highest BCUT2D eigenvalue weighted by atomic mass is 16.5. The lowest BCUT2D eigenvalue weighted by Crippen LogP contribution is -2.21. The normalized spacial score (nSPS) is 15.0. The molecule has 2 aromatic rings. The van der Waals surface area contributed by atoms with Gasteiger partial charge in [0.25, 0.3) is 5.91 Å². The third kappa shape index (κ3) is 3.82. The number of nitrogens with zero attached hydrogens (tertiary/aromatic N) is 2. The predicted molar refractivity (Wildman–Crippen MR) is 101 cm³/mol. The molecule has 138 valence electrons. The van der Waals surface area contributed by atoms with E-state index in [9.17, 15) is 9.59 Å². The van der Waals surface area contributed by atoms with Crippen LogP contribution in [0.25, 0.3) is 6.08 Å². The summed E-state index contributed by atoms with van der Waals surface area (Å²) in [7, 11) is 1.46. The van der Waals surface area contributed by atoms with Crippen LogP contribution in [-0.2, 0) is 9.59 Å². The Hall–Kier alpha value is -3.61. The Bertz CT molecular complexity index is 935. The van der Waals surface area contributed by atoms with E-state index in [1.165, 1.54) is 12.1 Å². The highest BCUT2D eigenvalue weighted by Crippen LogP contribution is 2.34. The van der Waals surface area contributed by atoms with Crippen LogP contribution in [0.1, 0.15) is 12.5 Å². The van der Waals surface area contributed by atoms with E-state index in [-0.39, 0.29) is 11.7 Å². The number of para-hydroxylation sites is 2. The van der Waals surface area contributed by atoms with E-state index < -0.39 is 12.6 Å². The maximum Gasteiger partial charge on any atom is 0.341 e. The fourth-order valence-corrected chi connectivity index (χ4v) is 2.68. The van der Waals surface area contributed by atoms with Crippen molar-refractivity contribution in [1.82, 2.24) is 0 Å². The molecule has 0 atom stereocenters. The highest BCUT2D eigenvalue weighted by Gasteiger charge is 2.29. The minimum Gasteiger partial charge on any atom is -0.493 e. The summed E-state index contributed by atoms with van der Waals surface area (Å²) in [5.41, 5.74) is 2.14. The molecule has 0 aromatic heterocycles. The summed E-state index contributed by atoms with van der Waals surface area (Å²) >= 11 is 0. The van der Waals surface area contributed by atoms with Gasteiger partial charge < -0.3 is 14.6 Å². The second-order valence-corrected chi connectivity index (χ2v) is 5.76. The summed E-state index contributed by atoms with van der Waals surface area (Å²) in [5, 5.41) is 14.6. The van der Waals surface area contributed by atoms with E-state index in [0.29, 0.717) is 28.3 Å². The summed E-state index contributed by atoms with van der Waals surface area (Å²) in [6.45, 7) is 1.22. The van der Waals surface area contributed by atoms with Crippen molar-refractivity contribution in [2.24, 2.45) is 5.10 Å². The van der Waals surface area contributed by atoms with Gasteiger partial charge in [0, 0.05) is 5.56 Å². The van der Waals surface area contributed by atoms with Crippen LogP contribution in [0.3, 0.4) is 0 Å². The minimum atomic E-state index is -1.11. The Kier molecular flexibility index (Phi) is 5.21. The topological polar surface area (TPSA) is 88.4 Å². The Morgan fingerprint density at radius 2 is 1.93 bits per heavy atom. The number of carbonyl (C=O) groups is 2. The number of hydrogen-bond donors (Lipinski definition) is 1. The molecule has 0 saturated heterocycles. The molecule has 1 aliphatic rings. The Balaban J connectivity index is 1.98. The molecular weight excluding hydrogens is 348 g/mol. The van der Waals surface area contributed by atoms with Gasteiger partial charge in [-0.15, -0.1) is 0 Å². The van der Waals surface area contributed by atoms with Crippen molar-refractivity contribution in [3.05, 3.63) is 59.7 Å². The van der Waals surface area contributed by atoms with Gasteiger partial charge >= 0.3 is 5.97 Å². The average molecular weight is 366 g/mol. The van der Waals surface area contributed by atoms with Crippen molar-refractivity contribution in [1.29, 1.82) is 0 Å². The van der Waals surface area contributed by atoms with Crippen molar-refractivity contribution in [2.45, 2.75) is 6.92 Å². The van der Waals surface area contributed by atoms with E-state index in [4.69, 9.17) is 14.6 Å². The van der Waals surface area contributed by atoms with E-state index in [2.05, 4.69) is 5.10 Å². The molecule has 3 rings (SSSR count). The number of carboxylic acids is 1. The number of carboxylic acid groups (broad SMARTS) is 1. The van der Waals surface area contributed by atoms with Crippen LogP contribution in [0, 0.1) is 0 Å². The van der Waals surface area contributed by atoms with Gasteiger partial charge in [-0.3, -0.25) is 4.79 Å². The van der Waals surface area contributed by atoms with Gasteiger partial charge in [0.1, 0.15) is 0 Å². The van der Waals surface area contributed by atoms with Crippen molar-refractivity contribution >= 4 is 29.4 Å². The van der Waals surface area contributed by atoms with Crippen molar-refractivity contribution in [3.63, 3.8) is 0 Å². The second kappa shape index (κ2) is 7.74. The van der Waals surface area contributed by atoms with Gasteiger partial charge in [0.2, 0.25) is 0 Å². The number of benzene rings is 2. The molecule has 0 unspecified atom stereocenters. The zero-order chi connectivity index (χ0) is 19.4. The number of rotatable bonds is 6. The molecule has 27 heavy (non-hydrogen) atoms. The average Bonchev–Trinajstić information content (AvgIpc) is 2.95. The first-order valence-electron chi connectivity index (χ1n) is 8.19. The molecule has 7 nitrogen and oxygen atoms in total. The molecule has 0 fully saturated rings. The number of amides is 1. The standard InChI is InChI=1S/C20H18N2O5/c1-13-16(20(25)22(21-13)15-8-4-3-5-9-15)11-14-7-6-10-17(26-2)19(14)27-12-18(23)24/h3-11H,12H2,1-2H3,(H,23,24). The maximum atomic E-state index is 12.8. The van der Waals surface area contributed by atoms with Crippen LogP contribution < -0.4 is 14.5 Å². The lowest BCUT2D eigenvalue weighted by atomic mass is 10.1. The number of anilines is 1. The molecule has 0 radical (unpaired) electrons. The third-order valence-electron chi connectivity index (χ3n) is 3.93. The van der Waals surface area contributed by atoms with Gasteiger partial charge in [-0.25, -0.2) is 4.79 Å². The molecular formula is C20H18N2O5. The number of hydrogen-bond acceptors (Lipinski definition) is 5. The van der Waals surface area contributed by atoms with Crippen LogP contribution in [0.15, 0.2) is 59.2 Å². The quantitative estimate of drug-likeness (QED) is 0.794. The first-order chi connectivity index (χ1) is 13.0. The van der Waals surface area contributed by atoms with E-state index in [1.807, 2.05) is 18.2 Å². The van der Waals surface area contributed by atoms with Crippen LogP contribution in [-0.4, -0.2) is 36.4 Å². The third-order valence-corrected chi connectivity index (χ3v) is 3.93. The smallest absolute Gasteiger partial charge is 0.341 e. The van der Waals surface area contributed by atoms with Crippen molar-refractivity contribution in [3.8, 4) is 11.5 Å². The fourth-order valence-electron chi connectivity index (χ4n) is 2.68. The van der Waals surface area contributed by atoms with E-state index in [0.717, 1.165) is 0 Å². The molecule has 0 aliphatic carbocycles. The summed E-state index contributed by atoms with van der Waals surface area (Å²) in [5.74, 6) is -0.741. The Morgan fingerprint density at radius 1 is 1.19 bits per heavy atom. The zero-order valence-corrected chi connectivity index (χ0v) is 14.9. The molecule has 0 saturated carbocycles. The molecule has 0 bridgehead atoms. The molecule has 1 amide bonds. The van der Waals surface area contributed by atoms with Crippen LogP contribution in [0.4, 0.5) is 5.69 Å². The molecule has 1 N–H and O–H groups in total. The summed E-state index contributed by atoms with van der Waals surface area (Å²) in [6, 6.07) is 14.2. The molecule has 7 heteroatoms. The Morgan fingerprint density at radius 3 is 2.59 bits per heavy atom. The summed E-state index contributed by atoms with van der Waals surface area (Å²) in [4.78, 5) is 23.7. The maximum absolute atomic E-state index is 12.8. The number of hydrazone groups is 1. The first-order valence-corrected chi connectivity index (χ1v) is 8.19. The second-order valence-electron chi connectivity index (χ2n) is 5.76. The van der Waals surface area contributed by atoms with Gasteiger partial charge in [0.15, 0.2) is 18.1 Å². The largest absolute Gasteiger partial charge is 0.493 e.